The minimum atomic E-state index is 0.0881. The summed E-state index contributed by atoms with van der Waals surface area (Å²) in [4.78, 5) is 6.52. The normalized spacial score (nSPS) is 20.8. The topological polar surface area (TPSA) is 90.6 Å². The van der Waals surface area contributed by atoms with Crippen LogP contribution < -0.4 is 5.73 Å². The predicted molar refractivity (Wildman–Crippen MR) is 66.1 cm³/mol. The lowest BCUT2D eigenvalue weighted by molar-refractivity contribution is -0.0269. The lowest BCUT2D eigenvalue weighted by atomic mass is 10.2. The molecule has 3 heterocycles. The molecule has 1 aliphatic rings. The Morgan fingerprint density at radius 3 is 3.21 bits per heavy atom. The van der Waals surface area contributed by atoms with Gasteiger partial charge in [0.1, 0.15) is 0 Å². The Balaban J connectivity index is 1.64. The van der Waals surface area contributed by atoms with Crippen LogP contribution in [-0.4, -0.2) is 47.4 Å². The van der Waals surface area contributed by atoms with E-state index in [0.717, 1.165) is 13.1 Å². The third kappa shape index (κ3) is 2.83. The van der Waals surface area contributed by atoms with E-state index in [1.807, 2.05) is 0 Å². The average Bonchev–Trinajstić information content (AvgIpc) is 3.09. The first-order chi connectivity index (χ1) is 9.35. The number of morpholine rings is 1. The van der Waals surface area contributed by atoms with Crippen molar-refractivity contribution in [2.45, 2.75) is 12.6 Å². The van der Waals surface area contributed by atoms with Gasteiger partial charge in [-0.3, -0.25) is 4.90 Å². The Hall–Kier alpha value is -1.70. The molecule has 0 bridgehead atoms. The summed E-state index contributed by atoms with van der Waals surface area (Å²) in [5, 5.41) is 3.96. The zero-order valence-electron chi connectivity index (χ0n) is 10.5. The van der Waals surface area contributed by atoms with Crippen LogP contribution in [0.1, 0.15) is 5.82 Å². The molecule has 3 rings (SSSR count). The fraction of sp³-hybridized carbons (Fsp3) is 0.500. The summed E-state index contributed by atoms with van der Waals surface area (Å²) in [7, 11) is 0. The van der Waals surface area contributed by atoms with Crippen molar-refractivity contribution in [3.8, 4) is 11.7 Å². The maximum atomic E-state index is 5.61. The van der Waals surface area contributed by atoms with Crippen molar-refractivity contribution < 1.29 is 13.7 Å². The van der Waals surface area contributed by atoms with Gasteiger partial charge in [-0.2, -0.15) is 4.98 Å². The molecule has 1 atom stereocenters. The fourth-order valence-electron chi connectivity index (χ4n) is 2.09. The Labute approximate surface area is 110 Å². The van der Waals surface area contributed by atoms with Crippen LogP contribution in [0.3, 0.4) is 0 Å². The van der Waals surface area contributed by atoms with Gasteiger partial charge >= 0.3 is 0 Å². The molecular formula is C12H16N4O3. The summed E-state index contributed by atoms with van der Waals surface area (Å²) in [6.07, 6.45) is 1.66. The standard InChI is InChI=1S/C12H16N4O3/c13-6-9-7-16(3-5-17-9)8-11-14-12(19-15-11)10-2-1-4-18-10/h1-2,4,9H,3,5-8,13H2. The van der Waals surface area contributed by atoms with Gasteiger partial charge in [-0.05, 0) is 12.1 Å². The first-order valence-electron chi connectivity index (χ1n) is 6.25. The van der Waals surface area contributed by atoms with E-state index in [9.17, 15) is 0 Å². The zero-order chi connectivity index (χ0) is 13.1. The van der Waals surface area contributed by atoms with E-state index in [2.05, 4.69) is 15.0 Å². The second kappa shape index (κ2) is 5.52. The number of ether oxygens (including phenoxy) is 1. The molecule has 1 aliphatic heterocycles. The van der Waals surface area contributed by atoms with Crippen LogP contribution in [0.25, 0.3) is 11.7 Å². The van der Waals surface area contributed by atoms with Gasteiger partial charge in [-0.25, -0.2) is 0 Å². The van der Waals surface area contributed by atoms with Crippen LogP contribution in [0.2, 0.25) is 0 Å². The Bertz CT molecular complexity index is 511. The molecule has 0 amide bonds. The molecule has 2 aromatic heterocycles. The maximum Gasteiger partial charge on any atom is 0.293 e. The van der Waals surface area contributed by atoms with Gasteiger partial charge in [0, 0.05) is 19.6 Å². The van der Waals surface area contributed by atoms with Crippen molar-refractivity contribution in [2.24, 2.45) is 5.73 Å². The zero-order valence-corrected chi connectivity index (χ0v) is 10.5. The Morgan fingerprint density at radius 2 is 2.42 bits per heavy atom. The number of rotatable bonds is 4. The summed E-state index contributed by atoms with van der Waals surface area (Å²) >= 11 is 0. The van der Waals surface area contributed by atoms with Crippen LogP contribution in [0.15, 0.2) is 27.3 Å². The molecule has 0 saturated carbocycles. The molecule has 1 unspecified atom stereocenters. The number of hydrogen-bond acceptors (Lipinski definition) is 7. The molecule has 0 aromatic carbocycles. The number of nitrogens with zero attached hydrogens (tertiary/aromatic N) is 3. The summed E-state index contributed by atoms with van der Waals surface area (Å²) in [5.74, 6) is 1.63. The Morgan fingerprint density at radius 1 is 1.47 bits per heavy atom. The van der Waals surface area contributed by atoms with Crippen LogP contribution in [0.4, 0.5) is 0 Å². The lowest BCUT2D eigenvalue weighted by Gasteiger charge is -2.31. The van der Waals surface area contributed by atoms with E-state index < -0.39 is 0 Å². The molecule has 7 heteroatoms. The van der Waals surface area contributed by atoms with Crippen molar-refractivity contribution >= 4 is 0 Å². The van der Waals surface area contributed by atoms with E-state index in [0.29, 0.717) is 37.2 Å². The van der Waals surface area contributed by atoms with Crippen LogP contribution in [-0.2, 0) is 11.3 Å². The molecule has 2 aromatic rings. The Kier molecular flexibility index (Phi) is 3.58. The highest BCUT2D eigenvalue weighted by atomic mass is 16.5. The van der Waals surface area contributed by atoms with Crippen molar-refractivity contribution in [3.05, 3.63) is 24.2 Å². The maximum absolute atomic E-state index is 5.61. The van der Waals surface area contributed by atoms with Crippen molar-refractivity contribution in [3.63, 3.8) is 0 Å². The van der Waals surface area contributed by atoms with Crippen LogP contribution in [0, 0.1) is 0 Å². The first-order valence-corrected chi connectivity index (χ1v) is 6.25. The smallest absolute Gasteiger partial charge is 0.293 e. The molecule has 19 heavy (non-hydrogen) atoms. The van der Waals surface area contributed by atoms with Gasteiger partial charge in [-0.1, -0.05) is 5.16 Å². The minimum absolute atomic E-state index is 0.0881. The van der Waals surface area contributed by atoms with Crippen LogP contribution >= 0.6 is 0 Å². The van der Waals surface area contributed by atoms with E-state index >= 15 is 0 Å². The summed E-state index contributed by atoms with van der Waals surface area (Å²) in [5.41, 5.74) is 5.61. The first kappa shape index (κ1) is 12.3. The highest BCUT2D eigenvalue weighted by Gasteiger charge is 2.21. The van der Waals surface area contributed by atoms with Gasteiger partial charge in [0.2, 0.25) is 0 Å². The van der Waals surface area contributed by atoms with Gasteiger partial charge in [0.25, 0.3) is 5.89 Å². The van der Waals surface area contributed by atoms with E-state index in [4.69, 9.17) is 19.4 Å². The predicted octanol–water partition coefficient (Wildman–Crippen LogP) is 0.489. The van der Waals surface area contributed by atoms with Crippen molar-refractivity contribution in [2.75, 3.05) is 26.2 Å². The highest BCUT2D eigenvalue weighted by Crippen LogP contribution is 2.18. The minimum Gasteiger partial charge on any atom is -0.459 e. The number of aromatic nitrogens is 2. The lowest BCUT2D eigenvalue weighted by Crippen LogP contribution is -2.45. The monoisotopic (exact) mass is 264 g/mol. The van der Waals surface area contributed by atoms with E-state index in [-0.39, 0.29) is 6.10 Å². The molecule has 102 valence electrons. The van der Waals surface area contributed by atoms with Gasteiger partial charge in [-0.15, -0.1) is 0 Å². The number of nitrogens with two attached hydrogens (primary N) is 1. The summed E-state index contributed by atoms with van der Waals surface area (Å²) in [6.45, 7) is 3.48. The van der Waals surface area contributed by atoms with Gasteiger partial charge in [0.15, 0.2) is 11.6 Å². The van der Waals surface area contributed by atoms with Crippen molar-refractivity contribution in [1.82, 2.24) is 15.0 Å². The molecule has 1 fully saturated rings. The molecule has 7 nitrogen and oxygen atoms in total. The molecule has 0 spiro atoms. The van der Waals surface area contributed by atoms with E-state index in [1.54, 1.807) is 18.4 Å². The summed E-state index contributed by atoms with van der Waals surface area (Å²) in [6, 6.07) is 3.57. The van der Waals surface area contributed by atoms with Gasteiger partial charge in [0.05, 0.1) is 25.5 Å². The third-order valence-electron chi connectivity index (χ3n) is 3.05. The second-order valence-electron chi connectivity index (χ2n) is 4.46. The quantitative estimate of drug-likeness (QED) is 0.859. The van der Waals surface area contributed by atoms with Gasteiger partial charge < -0.3 is 19.4 Å². The number of furan rings is 1. The molecule has 0 radical (unpaired) electrons. The molecule has 2 N–H and O–H groups in total. The number of hydrogen-bond donors (Lipinski definition) is 1. The van der Waals surface area contributed by atoms with E-state index in [1.165, 1.54) is 0 Å². The summed E-state index contributed by atoms with van der Waals surface area (Å²) < 4.78 is 15.9. The van der Waals surface area contributed by atoms with Crippen molar-refractivity contribution in [1.29, 1.82) is 0 Å². The molecule has 0 aliphatic carbocycles. The largest absolute Gasteiger partial charge is 0.459 e. The second-order valence-corrected chi connectivity index (χ2v) is 4.46. The SMILES string of the molecule is NCC1CN(Cc2noc(-c3ccco3)n2)CCO1. The fourth-order valence-corrected chi connectivity index (χ4v) is 2.09. The third-order valence-corrected chi connectivity index (χ3v) is 3.05. The highest BCUT2D eigenvalue weighted by molar-refractivity contribution is 5.42. The molecular weight excluding hydrogens is 248 g/mol. The van der Waals surface area contributed by atoms with Crippen LogP contribution in [0.5, 0.6) is 0 Å². The average molecular weight is 264 g/mol. The molecule has 1 saturated heterocycles.